The summed E-state index contributed by atoms with van der Waals surface area (Å²) < 4.78 is 4.98. The van der Waals surface area contributed by atoms with E-state index < -0.39 is 23.9 Å². The zero-order valence-corrected chi connectivity index (χ0v) is 13.8. The van der Waals surface area contributed by atoms with Crippen LogP contribution in [0.3, 0.4) is 0 Å². The van der Waals surface area contributed by atoms with Crippen LogP contribution in [0.2, 0.25) is 0 Å². The van der Waals surface area contributed by atoms with Gasteiger partial charge in [-0.15, -0.1) is 0 Å². The molecule has 130 valence electrons. The Hall–Kier alpha value is -2.57. The first kappa shape index (κ1) is 17.8. The van der Waals surface area contributed by atoms with Crippen LogP contribution >= 0.6 is 0 Å². The summed E-state index contributed by atoms with van der Waals surface area (Å²) in [4.78, 5) is 37.1. The minimum absolute atomic E-state index is 0.103. The average Bonchev–Trinajstić information content (AvgIpc) is 2.54. The Morgan fingerprint density at radius 2 is 2.00 bits per heavy atom. The number of ether oxygens (including phenoxy) is 1. The Bertz CT molecular complexity index is 631. The van der Waals surface area contributed by atoms with Crippen molar-refractivity contribution in [2.24, 2.45) is 11.8 Å². The van der Waals surface area contributed by atoms with E-state index in [0.29, 0.717) is 18.7 Å². The van der Waals surface area contributed by atoms with Gasteiger partial charge >= 0.3 is 18.0 Å². The maximum Gasteiger partial charge on any atom is 0.340 e. The number of nitrogens with one attached hydrogen (secondary N) is 1. The predicted octanol–water partition coefficient (Wildman–Crippen LogP) is 2.44. The molecule has 1 saturated heterocycles. The Balaban J connectivity index is 2.12. The molecule has 2 atom stereocenters. The van der Waals surface area contributed by atoms with E-state index in [0.717, 1.165) is 0 Å². The minimum atomic E-state index is -0.897. The second kappa shape index (κ2) is 7.81. The summed E-state index contributed by atoms with van der Waals surface area (Å²) in [6.45, 7) is 4.51. The maximum atomic E-state index is 12.5. The summed E-state index contributed by atoms with van der Waals surface area (Å²) in [5.74, 6) is -1.87. The van der Waals surface area contributed by atoms with Crippen molar-refractivity contribution in [1.82, 2.24) is 4.90 Å². The lowest BCUT2D eigenvalue weighted by Gasteiger charge is -2.34. The van der Waals surface area contributed by atoms with Crippen LogP contribution in [-0.4, -0.2) is 47.7 Å². The molecule has 2 amide bonds. The molecule has 2 N–H and O–H groups in total. The first-order valence-corrected chi connectivity index (χ1v) is 7.97. The van der Waals surface area contributed by atoms with Gasteiger partial charge in [-0.25, -0.2) is 9.59 Å². The van der Waals surface area contributed by atoms with Crippen molar-refractivity contribution in [1.29, 1.82) is 0 Å². The summed E-state index contributed by atoms with van der Waals surface area (Å²) in [7, 11) is 0. The number of anilines is 1. The van der Waals surface area contributed by atoms with Crippen LogP contribution in [0.5, 0.6) is 0 Å². The highest BCUT2D eigenvalue weighted by molar-refractivity contribution is 6.00. The van der Waals surface area contributed by atoms with Gasteiger partial charge in [-0.2, -0.15) is 0 Å². The fraction of sp³-hybridized carbons (Fsp3) is 0.471. The summed E-state index contributed by atoms with van der Waals surface area (Å²) in [6, 6.07) is 6.17. The number of piperidine rings is 1. The van der Waals surface area contributed by atoms with Crippen molar-refractivity contribution in [3.05, 3.63) is 29.8 Å². The van der Waals surface area contributed by atoms with Crippen LogP contribution in [0, 0.1) is 11.8 Å². The van der Waals surface area contributed by atoms with Crippen LogP contribution in [0.4, 0.5) is 10.5 Å². The maximum absolute atomic E-state index is 12.5. The first-order valence-electron chi connectivity index (χ1n) is 7.97. The third-order valence-corrected chi connectivity index (χ3v) is 3.96. The van der Waals surface area contributed by atoms with Crippen molar-refractivity contribution < 1.29 is 24.2 Å². The van der Waals surface area contributed by atoms with Crippen LogP contribution in [0.15, 0.2) is 24.3 Å². The van der Waals surface area contributed by atoms with Crippen molar-refractivity contribution >= 4 is 23.7 Å². The molecule has 0 radical (unpaired) electrons. The van der Waals surface area contributed by atoms with Gasteiger partial charge in [-0.1, -0.05) is 19.1 Å². The number of hydrogen-bond donors (Lipinski definition) is 2. The molecule has 1 aromatic carbocycles. The van der Waals surface area contributed by atoms with Gasteiger partial charge in [0.25, 0.3) is 0 Å². The summed E-state index contributed by atoms with van der Waals surface area (Å²) in [5.41, 5.74) is 0.624. The number of likely N-dealkylation sites (tertiary alicyclic amines) is 1. The van der Waals surface area contributed by atoms with Gasteiger partial charge in [-0.3, -0.25) is 4.79 Å². The molecule has 7 nitrogen and oxygen atoms in total. The Morgan fingerprint density at radius 1 is 1.29 bits per heavy atom. The van der Waals surface area contributed by atoms with Crippen molar-refractivity contribution in [2.45, 2.75) is 20.3 Å². The van der Waals surface area contributed by atoms with E-state index in [9.17, 15) is 19.5 Å². The summed E-state index contributed by atoms with van der Waals surface area (Å²) in [5, 5.41) is 11.9. The van der Waals surface area contributed by atoms with Crippen molar-refractivity contribution in [2.75, 3.05) is 25.0 Å². The van der Waals surface area contributed by atoms with E-state index in [2.05, 4.69) is 5.32 Å². The van der Waals surface area contributed by atoms with Gasteiger partial charge in [-0.05, 0) is 31.4 Å². The second-order valence-electron chi connectivity index (χ2n) is 5.98. The number of carbonyl (C=O) groups is 3. The largest absolute Gasteiger partial charge is 0.481 e. The third-order valence-electron chi connectivity index (χ3n) is 3.96. The molecule has 7 heteroatoms. The number of nitrogens with zero attached hydrogens (tertiary/aromatic N) is 1. The molecule has 0 aromatic heterocycles. The Kier molecular flexibility index (Phi) is 5.78. The molecule has 0 saturated carbocycles. The highest BCUT2D eigenvalue weighted by atomic mass is 16.5. The van der Waals surface area contributed by atoms with E-state index in [1.54, 1.807) is 31.2 Å². The molecule has 0 aliphatic carbocycles. The normalized spacial score (nSPS) is 20.3. The van der Waals surface area contributed by atoms with Crippen LogP contribution < -0.4 is 5.32 Å². The van der Waals surface area contributed by atoms with E-state index >= 15 is 0 Å². The molecule has 0 bridgehead atoms. The standard InChI is InChI=1S/C17H22N2O5/c1-3-24-16(22)13-6-4-5-7-14(13)18-17(23)19-9-11(2)8-12(10-19)15(20)21/h4-7,11-12H,3,8-10H2,1-2H3,(H,18,23)(H,20,21). The highest BCUT2D eigenvalue weighted by Crippen LogP contribution is 2.23. The zero-order valence-electron chi connectivity index (χ0n) is 13.8. The van der Waals surface area contributed by atoms with E-state index in [1.165, 1.54) is 4.90 Å². The lowest BCUT2D eigenvalue weighted by molar-refractivity contribution is -0.143. The van der Waals surface area contributed by atoms with Gasteiger partial charge in [0, 0.05) is 13.1 Å². The lowest BCUT2D eigenvalue weighted by Crippen LogP contribution is -2.47. The topological polar surface area (TPSA) is 95.9 Å². The van der Waals surface area contributed by atoms with Crippen LogP contribution in [0.25, 0.3) is 0 Å². The number of para-hydroxylation sites is 1. The molecular formula is C17H22N2O5. The zero-order chi connectivity index (χ0) is 17.7. The number of urea groups is 1. The summed E-state index contributed by atoms with van der Waals surface area (Å²) >= 11 is 0. The summed E-state index contributed by atoms with van der Waals surface area (Å²) in [6.07, 6.45) is 0.554. The molecule has 2 rings (SSSR count). The SMILES string of the molecule is CCOC(=O)c1ccccc1NC(=O)N1CC(C)CC(C(=O)O)C1. The predicted molar refractivity (Wildman–Crippen MR) is 87.9 cm³/mol. The molecule has 1 aromatic rings. The monoisotopic (exact) mass is 334 g/mol. The number of amides is 2. The van der Waals surface area contributed by atoms with Gasteiger partial charge in [0.05, 0.1) is 23.8 Å². The number of carboxylic acid groups (broad SMARTS) is 1. The molecule has 24 heavy (non-hydrogen) atoms. The molecule has 1 fully saturated rings. The van der Waals surface area contributed by atoms with Gasteiger partial charge in [0.15, 0.2) is 0 Å². The van der Waals surface area contributed by atoms with E-state index in [4.69, 9.17) is 4.74 Å². The Morgan fingerprint density at radius 3 is 2.67 bits per heavy atom. The fourth-order valence-corrected chi connectivity index (χ4v) is 2.87. The van der Waals surface area contributed by atoms with E-state index in [1.807, 2.05) is 6.92 Å². The number of carboxylic acids is 1. The smallest absolute Gasteiger partial charge is 0.340 e. The number of hydrogen-bond acceptors (Lipinski definition) is 4. The lowest BCUT2D eigenvalue weighted by atomic mass is 9.91. The molecular weight excluding hydrogens is 312 g/mol. The first-order chi connectivity index (χ1) is 11.4. The van der Waals surface area contributed by atoms with Crippen molar-refractivity contribution in [3.8, 4) is 0 Å². The number of benzene rings is 1. The van der Waals surface area contributed by atoms with Gasteiger partial charge < -0.3 is 20.1 Å². The number of esters is 1. The fourth-order valence-electron chi connectivity index (χ4n) is 2.87. The molecule has 2 unspecified atom stereocenters. The van der Waals surface area contributed by atoms with Crippen LogP contribution in [0.1, 0.15) is 30.6 Å². The van der Waals surface area contributed by atoms with E-state index in [-0.39, 0.29) is 24.6 Å². The van der Waals surface area contributed by atoms with Gasteiger partial charge in [0.1, 0.15) is 0 Å². The second-order valence-corrected chi connectivity index (χ2v) is 5.98. The Labute approximate surface area is 140 Å². The highest BCUT2D eigenvalue weighted by Gasteiger charge is 2.32. The van der Waals surface area contributed by atoms with Gasteiger partial charge in [0.2, 0.25) is 0 Å². The minimum Gasteiger partial charge on any atom is -0.481 e. The average molecular weight is 334 g/mol. The molecule has 0 spiro atoms. The molecule has 1 aliphatic heterocycles. The van der Waals surface area contributed by atoms with Crippen molar-refractivity contribution in [3.63, 3.8) is 0 Å². The van der Waals surface area contributed by atoms with Crippen LogP contribution in [-0.2, 0) is 9.53 Å². The quantitative estimate of drug-likeness (QED) is 0.825. The number of aliphatic carboxylic acids is 1. The third kappa shape index (κ3) is 4.24. The number of rotatable bonds is 4. The molecule has 1 aliphatic rings. The molecule has 1 heterocycles. The number of carbonyl (C=O) groups excluding carboxylic acids is 2.